The van der Waals surface area contributed by atoms with Crippen LogP contribution in [-0.2, 0) is 0 Å². The highest BCUT2D eigenvalue weighted by molar-refractivity contribution is 5.49. The number of piperidine rings is 1. The zero-order valence-electron chi connectivity index (χ0n) is 17.8. The molecule has 0 bridgehead atoms. The molecule has 1 aliphatic carbocycles. The van der Waals surface area contributed by atoms with E-state index in [9.17, 15) is 10.2 Å². The van der Waals surface area contributed by atoms with Crippen molar-refractivity contribution in [3.8, 4) is 11.5 Å². The van der Waals surface area contributed by atoms with E-state index in [1.54, 1.807) is 6.07 Å². The topological polar surface area (TPSA) is 52.9 Å². The van der Waals surface area contributed by atoms with Crippen LogP contribution >= 0.6 is 0 Å². The maximum Gasteiger partial charge on any atom is 0.161 e. The van der Waals surface area contributed by atoms with Crippen molar-refractivity contribution in [3.63, 3.8) is 0 Å². The van der Waals surface area contributed by atoms with Gasteiger partial charge in [0.25, 0.3) is 0 Å². The lowest BCUT2D eigenvalue weighted by Crippen LogP contribution is -2.54. The van der Waals surface area contributed by atoms with E-state index in [0.29, 0.717) is 12.4 Å². The minimum atomic E-state index is -0.591. The molecule has 4 heteroatoms. The summed E-state index contributed by atoms with van der Waals surface area (Å²) in [5.74, 6) is 0.898. The van der Waals surface area contributed by atoms with Gasteiger partial charge in [-0.1, -0.05) is 61.4 Å². The van der Waals surface area contributed by atoms with E-state index in [1.807, 2.05) is 25.1 Å². The van der Waals surface area contributed by atoms with Crippen LogP contribution in [0, 0.1) is 5.92 Å². The molecular weight excluding hydrogens is 374 g/mol. The van der Waals surface area contributed by atoms with Gasteiger partial charge in [-0.3, -0.25) is 4.90 Å². The van der Waals surface area contributed by atoms with Gasteiger partial charge in [0.2, 0.25) is 0 Å². The zero-order valence-corrected chi connectivity index (χ0v) is 17.8. The third-order valence-corrected chi connectivity index (χ3v) is 6.75. The molecule has 2 fully saturated rings. The molecule has 2 N–H and O–H groups in total. The lowest BCUT2D eigenvalue weighted by molar-refractivity contribution is -0.122. The molecule has 3 atom stereocenters. The zero-order chi connectivity index (χ0) is 21.0. The van der Waals surface area contributed by atoms with E-state index in [-0.39, 0.29) is 17.7 Å². The summed E-state index contributed by atoms with van der Waals surface area (Å²) >= 11 is 0. The number of benzene rings is 2. The molecule has 4 rings (SSSR count). The highest BCUT2D eigenvalue weighted by Crippen LogP contribution is 2.50. The first-order chi connectivity index (χ1) is 14.6. The molecule has 4 nitrogen and oxygen atoms in total. The summed E-state index contributed by atoms with van der Waals surface area (Å²) in [4.78, 5) is 2.48. The molecule has 160 valence electrons. The van der Waals surface area contributed by atoms with Crippen LogP contribution in [0.4, 0.5) is 0 Å². The maximum absolute atomic E-state index is 11.4. The van der Waals surface area contributed by atoms with Gasteiger partial charge in [-0.15, -0.1) is 0 Å². The second kappa shape index (κ2) is 9.23. The molecule has 0 radical (unpaired) electrons. The summed E-state index contributed by atoms with van der Waals surface area (Å²) in [5.41, 5.74) is 1.73. The Kier molecular flexibility index (Phi) is 6.45. The number of fused-ring (bicyclic) bond motifs is 1. The Hall–Kier alpha value is -2.30. The summed E-state index contributed by atoms with van der Waals surface area (Å²) < 4.78 is 5.66. The van der Waals surface area contributed by atoms with Crippen LogP contribution in [-0.4, -0.2) is 40.4 Å². The molecule has 0 unspecified atom stereocenters. The van der Waals surface area contributed by atoms with Crippen molar-refractivity contribution in [3.05, 3.63) is 65.7 Å². The van der Waals surface area contributed by atoms with Crippen molar-refractivity contribution in [2.75, 3.05) is 19.7 Å². The van der Waals surface area contributed by atoms with Crippen molar-refractivity contribution < 1.29 is 14.9 Å². The number of likely N-dealkylation sites (tertiary alicyclic amines) is 1. The molecule has 2 aromatic carbocycles. The fourth-order valence-electron chi connectivity index (χ4n) is 5.26. The van der Waals surface area contributed by atoms with Crippen LogP contribution in [0.25, 0.3) is 6.08 Å². The molecule has 1 aliphatic heterocycles. The summed E-state index contributed by atoms with van der Waals surface area (Å²) in [6.45, 7) is 4.13. The Labute approximate surface area is 179 Å². The molecule has 0 amide bonds. The fraction of sp³-hybridized carbons (Fsp3) is 0.462. The smallest absolute Gasteiger partial charge is 0.161 e. The number of phenols is 1. The molecule has 0 spiro atoms. The van der Waals surface area contributed by atoms with Crippen LogP contribution in [0.2, 0.25) is 0 Å². The monoisotopic (exact) mass is 407 g/mol. The van der Waals surface area contributed by atoms with Gasteiger partial charge in [0.15, 0.2) is 11.5 Å². The molecule has 2 aliphatic rings. The summed E-state index contributed by atoms with van der Waals surface area (Å²) in [6, 6.07) is 16.2. The second-order valence-electron chi connectivity index (χ2n) is 8.62. The lowest BCUT2D eigenvalue weighted by atomic mass is 9.66. The quantitative estimate of drug-likeness (QED) is 0.693. The largest absolute Gasteiger partial charge is 0.504 e. The minimum Gasteiger partial charge on any atom is -0.504 e. The summed E-state index contributed by atoms with van der Waals surface area (Å²) in [7, 11) is 0. The van der Waals surface area contributed by atoms with Gasteiger partial charge in [0.1, 0.15) is 0 Å². The van der Waals surface area contributed by atoms with Crippen LogP contribution < -0.4 is 4.74 Å². The number of ether oxygens (including phenoxy) is 1. The Morgan fingerprint density at radius 2 is 1.97 bits per heavy atom. The third-order valence-electron chi connectivity index (χ3n) is 6.75. The fourth-order valence-corrected chi connectivity index (χ4v) is 5.26. The molecule has 2 aromatic rings. The molecule has 0 aromatic heterocycles. The van der Waals surface area contributed by atoms with Gasteiger partial charge >= 0.3 is 0 Å². The predicted molar refractivity (Wildman–Crippen MR) is 121 cm³/mol. The maximum atomic E-state index is 11.4. The first kappa shape index (κ1) is 21.0. The van der Waals surface area contributed by atoms with Crippen LogP contribution in [0.15, 0.2) is 54.6 Å². The minimum absolute atomic E-state index is 0.115. The Morgan fingerprint density at radius 1 is 1.13 bits per heavy atom. The summed E-state index contributed by atoms with van der Waals surface area (Å²) in [6.07, 6.45) is 9.40. The number of rotatable bonds is 6. The SMILES string of the molecule is CCOc1cc([C@@H]2[C@H]3CCCC[C@@]3(O)CCN2C/C=C/c2ccccc2)ccc1O. The molecule has 1 saturated carbocycles. The molecule has 1 heterocycles. The van der Waals surface area contributed by atoms with Crippen LogP contribution in [0.5, 0.6) is 11.5 Å². The average molecular weight is 408 g/mol. The van der Waals surface area contributed by atoms with Gasteiger partial charge in [-0.05, 0) is 49.4 Å². The Morgan fingerprint density at radius 3 is 2.77 bits per heavy atom. The van der Waals surface area contributed by atoms with Crippen molar-refractivity contribution in [1.82, 2.24) is 4.90 Å². The van der Waals surface area contributed by atoms with Crippen LogP contribution in [0.1, 0.15) is 56.2 Å². The number of hydrogen-bond donors (Lipinski definition) is 2. The van der Waals surface area contributed by atoms with Gasteiger partial charge in [0.05, 0.1) is 12.2 Å². The van der Waals surface area contributed by atoms with Gasteiger partial charge in [0, 0.05) is 25.0 Å². The number of aromatic hydroxyl groups is 1. The first-order valence-corrected chi connectivity index (χ1v) is 11.2. The normalized spacial score (nSPS) is 27.1. The molecule has 30 heavy (non-hydrogen) atoms. The van der Waals surface area contributed by atoms with Gasteiger partial charge in [-0.25, -0.2) is 0 Å². The first-order valence-electron chi connectivity index (χ1n) is 11.2. The highest BCUT2D eigenvalue weighted by Gasteiger charge is 2.48. The van der Waals surface area contributed by atoms with E-state index in [1.165, 1.54) is 5.56 Å². The lowest BCUT2D eigenvalue weighted by Gasteiger charge is -2.52. The predicted octanol–water partition coefficient (Wildman–Crippen LogP) is 5.17. The highest BCUT2D eigenvalue weighted by atomic mass is 16.5. The van der Waals surface area contributed by atoms with E-state index in [2.05, 4.69) is 41.3 Å². The third kappa shape index (κ3) is 4.40. The van der Waals surface area contributed by atoms with Crippen LogP contribution in [0.3, 0.4) is 0 Å². The number of phenolic OH excluding ortho intramolecular Hbond substituents is 1. The van der Waals surface area contributed by atoms with Crippen molar-refractivity contribution in [2.24, 2.45) is 5.92 Å². The van der Waals surface area contributed by atoms with E-state index in [4.69, 9.17) is 4.74 Å². The summed E-state index contributed by atoms with van der Waals surface area (Å²) in [5, 5.41) is 21.6. The number of aliphatic hydroxyl groups is 1. The molecular formula is C26H33NO3. The van der Waals surface area contributed by atoms with Crippen molar-refractivity contribution >= 4 is 6.08 Å². The van der Waals surface area contributed by atoms with E-state index >= 15 is 0 Å². The number of hydrogen-bond acceptors (Lipinski definition) is 4. The standard InChI is InChI=1S/C26H33NO3/c1-2-30-24-19-21(13-14-23(24)28)25-22-12-6-7-15-26(22,29)16-18-27(25)17-8-11-20-9-4-3-5-10-20/h3-5,8-11,13-14,19,22,25,28-29H,2,6-7,12,15-18H2,1H3/b11-8+/t22-,25-,26-/m1/s1. The number of nitrogens with zero attached hydrogens (tertiary/aromatic N) is 1. The Balaban J connectivity index is 1.63. The van der Waals surface area contributed by atoms with E-state index in [0.717, 1.165) is 50.8 Å². The van der Waals surface area contributed by atoms with Crippen molar-refractivity contribution in [2.45, 2.75) is 50.7 Å². The van der Waals surface area contributed by atoms with Gasteiger partial charge < -0.3 is 14.9 Å². The Bertz CT molecular complexity index is 866. The van der Waals surface area contributed by atoms with Gasteiger partial charge in [-0.2, -0.15) is 0 Å². The average Bonchev–Trinajstić information content (AvgIpc) is 2.76. The van der Waals surface area contributed by atoms with Crippen molar-refractivity contribution in [1.29, 1.82) is 0 Å². The molecule has 1 saturated heterocycles. The van der Waals surface area contributed by atoms with E-state index < -0.39 is 5.60 Å². The second-order valence-corrected chi connectivity index (χ2v) is 8.62.